The van der Waals surface area contributed by atoms with E-state index in [1.165, 1.54) is 11.0 Å². The first-order valence-corrected chi connectivity index (χ1v) is 9.97. The van der Waals surface area contributed by atoms with Gasteiger partial charge in [0, 0.05) is 50.4 Å². The highest BCUT2D eigenvalue weighted by Crippen LogP contribution is 2.33. The lowest BCUT2D eigenvalue weighted by molar-refractivity contribution is -0.143. The number of benzene rings is 2. The fourth-order valence-electron chi connectivity index (χ4n) is 3.95. The standard InChI is InChI=1S/C22H19F4N3O3/c23-19-12-16(3-4-18(19)22(24,25)26)28-5-7-29(8-6-28)21(32)20(31)27-15-2-1-13-10-17(30)11-14(13)9-15/h1-4,9,12H,5-8,10-11H2,(H,27,31). The minimum atomic E-state index is -4.77. The third-order valence-electron chi connectivity index (χ3n) is 5.62. The summed E-state index contributed by atoms with van der Waals surface area (Å²) in [6.07, 6.45) is -4.09. The zero-order chi connectivity index (χ0) is 23.0. The molecule has 4 rings (SSSR count). The van der Waals surface area contributed by atoms with Gasteiger partial charge in [-0.1, -0.05) is 6.07 Å². The van der Waals surface area contributed by atoms with E-state index in [1.807, 2.05) is 0 Å². The molecule has 10 heteroatoms. The number of ketones is 1. The number of nitrogens with zero attached hydrogens (tertiary/aromatic N) is 2. The number of rotatable bonds is 2. The smallest absolute Gasteiger partial charge is 0.368 e. The molecule has 32 heavy (non-hydrogen) atoms. The number of alkyl halides is 3. The molecule has 1 aliphatic heterocycles. The third kappa shape index (κ3) is 4.44. The van der Waals surface area contributed by atoms with E-state index in [2.05, 4.69) is 5.32 Å². The van der Waals surface area contributed by atoms with Crippen LogP contribution in [0.4, 0.5) is 28.9 Å². The Hall–Kier alpha value is -3.43. The number of hydrogen-bond acceptors (Lipinski definition) is 4. The number of piperazine rings is 1. The van der Waals surface area contributed by atoms with E-state index < -0.39 is 29.4 Å². The molecule has 1 heterocycles. The highest BCUT2D eigenvalue weighted by molar-refractivity contribution is 6.39. The number of carbonyl (C=O) groups is 3. The molecule has 2 aromatic carbocycles. The Kier molecular flexibility index (Phi) is 5.62. The molecule has 0 saturated carbocycles. The van der Waals surface area contributed by atoms with Crippen LogP contribution in [0.1, 0.15) is 16.7 Å². The zero-order valence-electron chi connectivity index (χ0n) is 16.8. The normalized spacial score (nSPS) is 16.2. The minimum Gasteiger partial charge on any atom is -0.368 e. The number of anilines is 2. The predicted octanol–water partition coefficient (Wildman–Crippen LogP) is 2.80. The molecular formula is C22H19F4N3O3. The molecule has 1 fully saturated rings. The minimum absolute atomic E-state index is 0.102. The van der Waals surface area contributed by atoms with Gasteiger partial charge in [0.2, 0.25) is 0 Å². The van der Waals surface area contributed by atoms with Gasteiger partial charge >= 0.3 is 18.0 Å². The van der Waals surface area contributed by atoms with Gasteiger partial charge in [0.1, 0.15) is 11.6 Å². The topological polar surface area (TPSA) is 69.7 Å². The third-order valence-corrected chi connectivity index (χ3v) is 5.62. The molecule has 6 nitrogen and oxygen atoms in total. The van der Waals surface area contributed by atoms with Crippen molar-refractivity contribution in [2.24, 2.45) is 0 Å². The highest BCUT2D eigenvalue weighted by atomic mass is 19.4. The Morgan fingerprint density at radius 1 is 0.906 bits per heavy atom. The fourth-order valence-corrected chi connectivity index (χ4v) is 3.95. The lowest BCUT2D eigenvalue weighted by Gasteiger charge is -2.35. The fraction of sp³-hybridized carbons (Fsp3) is 0.318. The number of fused-ring (bicyclic) bond motifs is 1. The van der Waals surface area contributed by atoms with Gasteiger partial charge < -0.3 is 15.1 Å². The van der Waals surface area contributed by atoms with Crippen LogP contribution >= 0.6 is 0 Å². The maximum Gasteiger partial charge on any atom is 0.419 e. The van der Waals surface area contributed by atoms with Crippen LogP contribution in [0, 0.1) is 5.82 Å². The summed E-state index contributed by atoms with van der Waals surface area (Å²) >= 11 is 0. The number of amides is 2. The molecule has 1 N–H and O–H groups in total. The molecule has 0 atom stereocenters. The number of nitrogens with one attached hydrogen (secondary N) is 1. The van der Waals surface area contributed by atoms with E-state index >= 15 is 0 Å². The van der Waals surface area contributed by atoms with Crippen molar-refractivity contribution in [3.63, 3.8) is 0 Å². The van der Waals surface area contributed by atoms with Crippen LogP contribution in [0.15, 0.2) is 36.4 Å². The maximum atomic E-state index is 13.8. The van der Waals surface area contributed by atoms with Crippen molar-refractivity contribution >= 4 is 29.0 Å². The molecular weight excluding hydrogens is 430 g/mol. The molecule has 0 aromatic heterocycles. The van der Waals surface area contributed by atoms with Gasteiger partial charge in [-0.25, -0.2) is 4.39 Å². The Labute approximate surface area is 180 Å². The maximum absolute atomic E-state index is 13.8. The first-order valence-electron chi connectivity index (χ1n) is 9.97. The monoisotopic (exact) mass is 449 g/mol. The van der Waals surface area contributed by atoms with Crippen LogP contribution in [-0.4, -0.2) is 48.7 Å². The average molecular weight is 449 g/mol. The number of halogens is 4. The Morgan fingerprint density at radius 2 is 1.59 bits per heavy atom. The second kappa shape index (κ2) is 8.25. The van der Waals surface area contributed by atoms with Crippen LogP contribution in [0.5, 0.6) is 0 Å². The quantitative estimate of drug-likeness (QED) is 0.566. The Bertz CT molecular complexity index is 1090. The molecule has 1 aliphatic carbocycles. The molecule has 2 aromatic rings. The first kappa shape index (κ1) is 21.8. The number of carbonyl (C=O) groups excluding carboxylic acids is 3. The summed E-state index contributed by atoms with van der Waals surface area (Å²) < 4.78 is 52.0. The van der Waals surface area contributed by atoms with E-state index in [1.54, 1.807) is 23.1 Å². The lowest BCUT2D eigenvalue weighted by atomic mass is 10.1. The van der Waals surface area contributed by atoms with Gasteiger partial charge in [-0.3, -0.25) is 14.4 Å². The molecule has 0 bridgehead atoms. The average Bonchev–Trinajstić information content (AvgIpc) is 3.11. The molecule has 2 aliphatic rings. The SMILES string of the molecule is O=C1Cc2ccc(NC(=O)C(=O)N3CCN(c4ccc(C(F)(F)F)c(F)c4)CC3)cc2C1. The van der Waals surface area contributed by atoms with Crippen molar-refractivity contribution in [3.05, 3.63) is 58.9 Å². The summed E-state index contributed by atoms with van der Waals surface area (Å²) in [4.78, 5) is 39.4. The van der Waals surface area contributed by atoms with Crippen LogP contribution < -0.4 is 10.2 Å². The molecule has 0 spiro atoms. The van der Waals surface area contributed by atoms with E-state index in [9.17, 15) is 31.9 Å². The number of hydrogen-bond donors (Lipinski definition) is 1. The van der Waals surface area contributed by atoms with Gasteiger partial charge in [0.25, 0.3) is 0 Å². The van der Waals surface area contributed by atoms with Gasteiger partial charge in [-0.05, 0) is 41.5 Å². The summed E-state index contributed by atoms with van der Waals surface area (Å²) in [5, 5.41) is 2.54. The molecule has 2 amide bonds. The van der Waals surface area contributed by atoms with Gasteiger partial charge in [0.15, 0.2) is 0 Å². The summed E-state index contributed by atoms with van der Waals surface area (Å²) in [6.45, 7) is 0.802. The van der Waals surface area contributed by atoms with Crippen molar-refractivity contribution < 1.29 is 31.9 Å². The Balaban J connectivity index is 1.34. The summed E-state index contributed by atoms with van der Waals surface area (Å²) in [5.41, 5.74) is 1.12. The highest BCUT2D eigenvalue weighted by Gasteiger charge is 2.34. The van der Waals surface area contributed by atoms with E-state index in [4.69, 9.17) is 0 Å². The molecule has 168 valence electrons. The van der Waals surface area contributed by atoms with Crippen molar-refractivity contribution in [1.29, 1.82) is 0 Å². The zero-order valence-corrected chi connectivity index (χ0v) is 16.8. The van der Waals surface area contributed by atoms with E-state index in [-0.39, 0.29) is 37.6 Å². The van der Waals surface area contributed by atoms with E-state index in [0.717, 1.165) is 17.2 Å². The predicted molar refractivity (Wildman–Crippen MR) is 108 cm³/mol. The second-order valence-electron chi connectivity index (χ2n) is 7.77. The lowest BCUT2D eigenvalue weighted by Crippen LogP contribution is -2.51. The first-order chi connectivity index (χ1) is 15.1. The van der Waals surface area contributed by atoms with Crippen LogP contribution in [0.25, 0.3) is 0 Å². The van der Waals surface area contributed by atoms with Gasteiger partial charge in [-0.15, -0.1) is 0 Å². The molecule has 0 unspecified atom stereocenters. The summed E-state index contributed by atoms with van der Waals surface area (Å²) in [7, 11) is 0. The van der Waals surface area contributed by atoms with Crippen LogP contribution in [-0.2, 0) is 33.4 Å². The van der Waals surface area contributed by atoms with Crippen molar-refractivity contribution in [2.45, 2.75) is 19.0 Å². The largest absolute Gasteiger partial charge is 0.419 e. The van der Waals surface area contributed by atoms with Crippen molar-refractivity contribution in [1.82, 2.24) is 4.90 Å². The molecule has 1 saturated heterocycles. The summed E-state index contributed by atoms with van der Waals surface area (Å²) in [6, 6.07) is 7.78. The van der Waals surface area contributed by atoms with Crippen molar-refractivity contribution in [3.8, 4) is 0 Å². The van der Waals surface area contributed by atoms with Crippen molar-refractivity contribution in [2.75, 3.05) is 36.4 Å². The van der Waals surface area contributed by atoms with Gasteiger partial charge in [-0.2, -0.15) is 13.2 Å². The van der Waals surface area contributed by atoms with E-state index in [0.29, 0.717) is 24.6 Å². The van der Waals surface area contributed by atoms with Gasteiger partial charge in [0.05, 0.1) is 5.56 Å². The second-order valence-corrected chi connectivity index (χ2v) is 7.77. The summed E-state index contributed by atoms with van der Waals surface area (Å²) in [5.74, 6) is -2.81. The molecule has 0 radical (unpaired) electrons. The Morgan fingerprint density at radius 3 is 2.25 bits per heavy atom. The number of Topliss-reactive ketones (excluding diaryl/α,β-unsaturated/α-hetero) is 1. The van der Waals surface area contributed by atoms with Crippen LogP contribution in [0.3, 0.4) is 0 Å². The van der Waals surface area contributed by atoms with Crippen LogP contribution in [0.2, 0.25) is 0 Å².